The Kier molecular flexibility index (Phi) is 5.92. The molecule has 0 aromatic heterocycles. The third kappa shape index (κ3) is 6.73. The maximum Gasteiger partial charge on any atom is 0.303 e. The molecule has 0 unspecified atom stereocenters. The van der Waals surface area contributed by atoms with Gasteiger partial charge in [0.1, 0.15) is 0 Å². The fraction of sp³-hybridized carbons (Fsp3) is 0.533. The third-order valence-electron chi connectivity index (χ3n) is 3.03. The fourth-order valence-electron chi connectivity index (χ4n) is 1.73. The summed E-state index contributed by atoms with van der Waals surface area (Å²) >= 11 is 0. The maximum absolute atomic E-state index is 12.1. The quantitative estimate of drug-likeness (QED) is 0.809. The van der Waals surface area contributed by atoms with Crippen molar-refractivity contribution in [1.29, 1.82) is 0 Å². The minimum Gasteiger partial charge on any atom is -0.481 e. The highest BCUT2D eigenvalue weighted by Crippen LogP contribution is 2.18. The van der Waals surface area contributed by atoms with Crippen LogP contribution in [0.5, 0.6) is 0 Å². The highest BCUT2D eigenvalue weighted by Gasteiger charge is 2.16. The Bertz CT molecular complexity index is 571. The van der Waals surface area contributed by atoms with E-state index < -0.39 is 16.0 Å². The van der Waals surface area contributed by atoms with E-state index in [1.165, 1.54) is 12.1 Å². The minimum absolute atomic E-state index is 0.0376. The van der Waals surface area contributed by atoms with Crippen LogP contribution in [0.3, 0.4) is 0 Å². The first-order valence-electron chi connectivity index (χ1n) is 6.90. The van der Waals surface area contributed by atoms with Gasteiger partial charge in [-0.3, -0.25) is 4.79 Å². The number of hydrogen-bond acceptors (Lipinski definition) is 3. The molecule has 0 spiro atoms. The zero-order chi connectivity index (χ0) is 16.1. The number of hydrogen-bond donors (Lipinski definition) is 2. The van der Waals surface area contributed by atoms with Crippen LogP contribution >= 0.6 is 0 Å². The lowest BCUT2D eigenvalue weighted by Gasteiger charge is -2.18. The number of sulfonamides is 1. The van der Waals surface area contributed by atoms with Crippen molar-refractivity contribution in [2.75, 3.05) is 6.54 Å². The average Bonchev–Trinajstić information content (AvgIpc) is 2.35. The summed E-state index contributed by atoms with van der Waals surface area (Å²) in [7, 11) is -3.50. The molecule has 0 saturated heterocycles. The number of rotatable bonds is 7. The van der Waals surface area contributed by atoms with Crippen LogP contribution in [0.2, 0.25) is 0 Å². The van der Waals surface area contributed by atoms with Crippen LogP contribution < -0.4 is 4.72 Å². The third-order valence-corrected chi connectivity index (χ3v) is 4.51. The van der Waals surface area contributed by atoms with E-state index >= 15 is 0 Å². The molecule has 0 radical (unpaired) electrons. The van der Waals surface area contributed by atoms with Crippen LogP contribution in [0.25, 0.3) is 0 Å². The number of carboxylic acid groups (broad SMARTS) is 1. The standard InChI is InChI=1S/C15H23NO4S/c1-15(2,3)10-11-16-21(19,20)13-7-4-12(5-8-13)6-9-14(17)18/h4-5,7-8,16H,6,9-11H2,1-3H3,(H,17,18). The summed E-state index contributed by atoms with van der Waals surface area (Å²) < 4.78 is 26.8. The summed E-state index contributed by atoms with van der Waals surface area (Å²) in [6.45, 7) is 6.56. The Morgan fingerprint density at radius 3 is 2.24 bits per heavy atom. The molecule has 6 heteroatoms. The number of aliphatic carboxylic acids is 1. The highest BCUT2D eigenvalue weighted by molar-refractivity contribution is 7.89. The van der Waals surface area contributed by atoms with Gasteiger partial charge in [0.25, 0.3) is 0 Å². The molecular weight excluding hydrogens is 290 g/mol. The molecule has 0 bridgehead atoms. The maximum atomic E-state index is 12.1. The van der Waals surface area contributed by atoms with Gasteiger partial charge in [-0.05, 0) is 36.0 Å². The van der Waals surface area contributed by atoms with Crippen LogP contribution in [0.15, 0.2) is 29.2 Å². The Balaban J connectivity index is 2.65. The molecule has 0 saturated carbocycles. The Hall–Kier alpha value is -1.40. The van der Waals surface area contributed by atoms with Gasteiger partial charge in [-0.25, -0.2) is 13.1 Å². The number of carbonyl (C=O) groups is 1. The molecule has 0 fully saturated rings. The molecule has 0 atom stereocenters. The van der Waals surface area contributed by atoms with Crippen molar-refractivity contribution in [3.8, 4) is 0 Å². The van der Waals surface area contributed by atoms with Gasteiger partial charge in [0.05, 0.1) is 4.90 Å². The first kappa shape index (κ1) is 17.7. The molecule has 0 aliphatic rings. The first-order chi connectivity index (χ1) is 9.60. The fourth-order valence-corrected chi connectivity index (χ4v) is 2.76. The van der Waals surface area contributed by atoms with Gasteiger partial charge in [0.2, 0.25) is 10.0 Å². The van der Waals surface area contributed by atoms with E-state index in [0.29, 0.717) is 13.0 Å². The van der Waals surface area contributed by atoms with Crippen molar-refractivity contribution in [1.82, 2.24) is 4.72 Å². The van der Waals surface area contributed by atoms with Crippen molar-refractivity contribution in [2.45, 2.75) is 44.9 Å². The second kappa shape index (κ2) is 7.04. The van der Waals surface area contributed by atoms with Gasteiger partial charge in [-0.15, -0.1) is 0 Å². The second-order valence-electron chi connectivity index (χ2n) is 6.25. The molecule has 1 rings (SSSR count). The largest absolute Gasteiger partial charge is 0.481 e. The zero-order valence-corrected chi connectivity index (χ0v) is 13.5. The molecule has 1 aromatic carbocycles. The molecular formula is C15H23NO4S. The Labute approximate surface area is 126 Å². The van der Waals surface area contributed by atoms with Crippen molar-refractivity contribution in [3.63, 3.8) is 0 Å². The summed E-state index contributed by atoms with van der Waals surface area (Å²) in [5.74, 6) is -0.865. The van der Waals surface area contributed by atoms with Gasteiger partial charge in [-0.2, -0.15) is 0 Å². The number of aryl methyl sites for hydroxylation is 1. The smallest absolute Gasteiger partial charge is 0.303 e. The normalized spacial score (nSPS) is 12.3. The van der Waals surface area contributed by atoms with Crippen LogP contribution in [0, 0.1) is 5.41 Å². The van der Waals surface area contributed by atoms with E-state index in [2.05, 4.69) is 25.5 Å². The lowest BCUT2D eigenvalue weighted by molar-refractivity contribution is -0.136. The Morgan fingerprint density at radius 2 is 1.76 bits per heavy atom. The molecule has 0 aliphatic carbocycles. The van der Waals surface area contributed by atoms with Crippen molar-refractivity contribution >= 4 is 16.0 Å². The average molecular weight is 313 g/mol. The van der Waals surface area contributed by atoms with E-state index in [0.717, 1.165) is 12.0 Å². The molecule has 0 aliphatic heterocycles. The van der Waals surface area contributed by atoms with Gasteiger partial charge >= 0.3 is 5.97 Å². The second-order valence-corrected chi connectivity index (χ2v) is 8.01. The summed E-state index contributed by atoms with van der Waals surface area (Å²) in [5, 5.41) is 8.62. The van der Waals surface area contributed by atoms with E-state index in [9.17, 15) is 13.2 Å². The number of benzene rings is 1. The van der Waals surface area contributed by atoms with Gasteiger partial charge < -0.3 is 5.11 Å². The van der Waals surface area contributed by atoms with Crippen molar-refractivity contribution < 1.29 is 18.3 Å². The molecule has 5 nitrogen and oxygen atoms in total. The molecule has 0 amide bonds. The summed E-state index contributed by atoms with van der Waals surface area (Å²) in [6.07, 6.45) is 1.19. The predicted molar refractivity (Wildman–Crippen MR) is 81.7 cm³/mol. The molecule has 118 valence electrons. The molecule has 1 aromatic rings. The molecule has 0 heterocycles. The van der Waals surface area contributed by atoms with E-state index in [4.69, 9.17) is 5.11 Å². The molecule has 21 heavy (non-hydrogen) atoms. The van der Waals surface area contributed by atoms with Crippen molar-refractivity contribution in [2.24, 2.45) is 5.41 Å². The van der Waals surface area contributed by atoms with E-state index in [1.54, 1.807) is 12.1 Å². The van der Waals surface area contributed by atoms with E-state index in [-0.39, 0.29) is 16.7 Å². The highest BCUT2D eigenvalue weighted by atomic mass is 32.2. The summed E-state index contributed by atoms with van der Waals surface area (Å²) in [6, 6.07) is 6.33. The van der Waals surface area contributed by atoms with Gasteiger partial charge in [-0.1, -0.05) is 32.9 Å². The monoisotopic (exact) mass is 313 g/mol. The topological polar surface area (TPSA) is 83.5 Å². The minimum atomic E-state index is -3.50. The van der Waals surface area contributed by atoms with Crippen LogP contribution in [-0.2, 0) is 21.2 Å². The first-order valence-corrected chi connectivity index (χ1v) is 8.39. The van der Waals surface area contributed by atoms with Crippen LogP contribution in [-0.4, -0.2) is 26.0 Å². The van der Waals surface area contributed by atoms with E-state index in [1.807, 2.05) is 0 Å². The van der Waals surface area contributed by atoms with Crippen LogP contribution in [0.1, 0.15) is 39.2 Å². The SMILES string of the molecule is CC(C)(C)CCNS(=O)(=O)c1ccc(CCC(=O)O)cc1. The van der Waals surface area contributed by atoms with Crippen LogP contribution in [0.4, 0.5) is 0 Å². The predicted octanol–water partition coefficient (Wildman–Crippen LogP) is 2.42. The van der Waals surface area contributed by atoms with Gasteiger partial charge in [0.15, 0.2) is 0 Å². The summed E-state index contributed by atoms with van der Waals surface area (Å²) in [4.78, 5) is 10.7. The summed E-state index contributed by atoms with van der Waals surface area (Å²) in [5.41, 5.74) is 0.884. The molecule has 2 N–H and O–H groups in total. The number of carboxylic acids is 1. The zero-order valence-electron chi connectivity index (χ0n) is 12.7. The van der Waals surface area contributed by atoms with Crippen molar-refractivity contribution in [3.05, 3.63) is 29.8 Å². The van der Waals surface area contributed by atoms with Gasteiger partial charge in [0, 0.05) is 13.0 Å². The number of nitrogens with one attached hydrogen (secondary N) is 1. The lowest BCUT2D eigenvalue weighted by atomic mass is 9.93. The Morgan fingerprint density at radius 1 is 1.19 bits per heavy atom. The lowest BCUT2D eigenvalue weighted by Crippen LogP contribution is -2.27.